The van der Waals surface area contributed by atoms with E-state index in [2.05, 4.69) is 15.3 Å². The minimum atomic E-state index is -0.272. The van der Waals surface area contributed by atoms with Crippen LogP contribution in [0.15, 0.2) is 65.2 Å². The van der Waals surface area contributed by atoms with Gasteiger partial charge in [-0.25, -0.2) is 4.98 Å². The van der Waals surface area contributed by atoms with Crippen LogP contribution < -0.4 is 14.8 Å². The zero-order valence-electron chi connectivity index (χ0n) is 16.7. The van der Waals surface area contributed by atoms with Crippen LogP contribution in [0.1, 0.15) is 23.7 Å². The fourth-order valence-corrected chi connectivity index (χ4v) is 2.97. The third-order valence-corrected chi connectivity index (χ3v) is 4.43. The van der Waals surface area contributed by atoms with E-state index < -0.39 is 0 Å². The zero-order valence-corrected chi connectivity index (χ0v) is 16.7. The Hall–Kier alpha value is -3.87. The Morgan fingerprint density at radius 3 is 2.83 bits per heavy atom. The normalized spacial score (nSPS) is 10.7. The van der Waals surface area contributed by atoms with Crippen LogP contribution in [0.5, 0.6) is 11.5 Å². The number of carbonyl (C=O) groups excluding carboxylic acids is 1. The molecule has 1 amide bonds. The SMILES string of the molecule is CCCOc1cccc(C(=O)Nc2cc(-c3nc4ncccc4o3)ccc2OC)c1. The second-order valence-corrected chi connectivity index (χ2v) is 6.59. The third kappa shape index (κ3) is 4.10. The number of pyridine rings is 1. The molecule has 0 spiro atoms. The van der Waals surface area contributed by atoms with Gasteiger partial charge in [-0.15, -0.1) is 0 Å². The summed E-state index contributed by atoms with van der Waals surface area (Å²) in [6.07, 6.45) is 2.55. The number of benzene rings is 2. The summed E-state index contributed by atoms with van der Waals surface area (Å²) < 4.78 is 16.8. The number of amides is 1. The van der Waals surface area contributed by atoms with Gasteiger partial charge in [-0.1, -0.05) is 13.0 Å². The van der Waals surface area contributed by atoms with Crippen LogP contribution in [0.25, 0.3) is 22.7 Å². The second kappa shape index (κ2) is 8.65. The summed E-state index contributed by atoms with van der Waals surface area (Å²) in [6, 6.07) is 16.0. The highest BCUT2D eigenvalue weighted by Gasteiger charge is 2.15. The minimum absolute atomic E-state index is 0.272. The highest BCUT2D eigenvalue weighted by atomic mass is 16.5. The Morgan fingerprint density at radius 2 is 2.03 bits per heavy atom. The molecular formula is C23H21N3O4. The quantitative estimate of drug-likeness (QED) is 0.470. The monoisotopic (exact) mass is 403 g/mol. The molecule has 0 unspecified atom stereocenters. The number of hydrogen-bond acceptors (Lipinski definition) is 6. The molecule has 0 atom stereocenters. The maximum Gasteiger partial charge on any atom is 0.255 e. The first-order valence-corrected chi connectivity index (χ1v) is 9.62. The van der Waals surface area contributed by atoms with Gasteiger partial charge in [-0.2, -0.15) is 4.98 Å². The van der Waals surface area contributed by atoms with Crippen LogP contribution in [0, 0.1) is 0 Å². The van der Waals surface area contributed by atoms with E-state index in [0.29, 0.717) is 52.0 Å². The molecule has 0 aliphatic heterocycles. The van der Waals surface area contributed by atoms with Gasteiger partial charge in [-0.3, -0.25) is 4.79 Å². The maximum atomic E-state index is 12.8. The first kappa shape index (κ1) is 19.4. The molecular weight excluding hydrogens is 382 g/mol. The van der Waals surface area contributed by atoms with Crippen LogP contribution in [0.2, 0.25) is 0 Å². The molecule has 0 fully saturated rings. The van der Waals surface area contributed by atoms with E-state index in [-0.39, 0.29) is 5.91 Å². The molecule has 0 aliphatic rings. The van der Waals surface area contributed by atoms with Gasteiger partial charge in [0.1, 0.15) is 11.5 Å². The summed E-state index contributed by atoms with van der Waals surface area (Å²) >= 11 is 0. The van der Waals surface area contributed by atoms with Gasteiger partial charge in [0.15, 0.2) is 11.2 Å². The summed E-state index contributed by atoms with van der Waals surface area (Å²) in [6.45, 7) is 2.63. The Balaban J connectivity index is 1.61. The van der Waals surface area contributed by atoms with Crippen molar-refractivity contribution in [2.45, 2.75) is 13.3 Å². The molecule has 4 aromatic rings. The number of oxazole rings is 1. The van der Waals surface area contributed by atoms with E-state index in [1.807, 2.05) is 19.1 Å². The van der Waals surface area contributed by atoms with E-state index in [1.54, 1.807) is 55.8 Å². The summed E-state index contributed by atoms with van der Waals surface area (Å²) in [5.41, 5.74) is 2.82. The predicted octanol–water partition coefficient (Wildman–Crippen LogP) is 4.94. The molecule has 4 rings (SSSR count). The first-order chi connectivity index (χ1) is 14.7. The molecule has 0 saturated heterocycles. The highest BCUT2D eigenvalue weighted by Crippen LogP contribution is 2.32. The van der Waals surface area contributed by atoms with Crippen molar-refractivity contribution < 1.29 is 18.7 Å². The fourth-order valence-electron chi connectivity index (χ4n) is 2.97. The lowest BCUT2D eigenvalue weighted by molar-refractivity contribution is 0.102. The Morgan fingerprint density at radius 1 is 1.13 bits per heavy atom. The van der Waals surface area contributed by atoms with Gasteiger partial charge in [0, 0.05) is 17.3 Å². The summed E-state index contributed by atoms with van der Waals surface area (Å²) in [5, 5.41) is 2.90. The van der Waals surface area contributed by atoms with E-state index in [1.165, 1.54) is 0 Å². The molecule has 0 bridgehead atoms. The molecule has 2 aromatic carbocycles. The molecule has 2 heterocycles. The van der Waals surface area contributed by atoms with Crippen LogP contribution in [-0.2, 0) is 0 Å². The van der Waals surface area contributed by atoms with Gasteiger partial charge in [0.2, 0.25) is 5.89 Å². The van der Waals surface area contributed by atoms with Gasteiger partial charge in [0.25, 0.3) is 5.91 Å². The van der Waals surface area contributed by atoms with Crippen molar-refractivity contribution in [1.29, 1.82) is 0 Å². The third-order valence-electron chi connectivity index (χ3n) is 4.43. The second-order valence-electron chi connectivity index (χ2n) is 6.59. The fraction of sp³-hybridized carbons (Fsp3) is 0.174. The number of aromatic nitrogens is 2. The van der Waals surface area contributed by atoms with Crippen LogP contribution in [0.4, 0.5) is 5.69 Å². The summed E-state index contributed by atoms with van der Waals surface area (Å²) in [5.74, 6) is 1.33. The Labute approximate surface area is 173 Å². The lowest BCUT2D eigenvalue weighted by Crippen LogP contribution is -2.13. The number of nitrogens with zero attached hydrogens (tertiary/aromatic N) is 2. The van der Waals surface area contributed by atoms with Gasteiger partial charge < -0.3 is 19.2 Å². The summed E-state index contributed by atoms with van der Waals surface area (Å²) in [4.78, 5) is 21.4. The molecule has 2 aromatic heterocycles. The standard InChI is InChI=1S/C23H21N3O4/c1-3-12-29-17-7-4-6-15(13-17)22(27)25-18-14-16(9-10-19(18)28-2)23-26-21-20(30-23)8-5-11-24-21/h4-11,13-14H,3,12H2,1-2H3,(H,25,27). The van der Waals surface area contributed by atoms with Crippen molar-refractivity contribution in [3.8, 4) is 23.0 Å². The number of nitrogens with one attached hydrogen (secondary N) is 1. The molecule has 152 valence electrons. The summed E-state index contributed by atoms with van der Waals surface area (Å²) in [7, 11) is 1.55. The van der Waals surface area contributed by atoms with Crippen molar-refractivity contribution >= 4 is 22.8 Å². The average molecular weight is 403 g/mol. The number of anilines is 1. The van der Waals surface area contributed by atoms with Crippen LogP contribution in [0.3, 0.4) is 0 Å². The number of methoxy groups -OCH3 is 1. The number of ether oxygens (including phenoxy) is 2. The van der Waals surface area contributed by atoms with E-state index >= 15 is 0 Å². The van der Waals surface area contributed by atoms with Crippen LogP contribution in [-0.4, -0.2) is 29.6 Å². The number of fused-ring (bicyclic) bond motifs is 1. The van der Waals surface area contributed by atoms with Crippen molar-refractivity contribution in [3.05, 3.63) is 66.4 Å². The van der Waals surface area contributed by atoms with E-state index in [9.17, 15) is 4.79 Å². The van der Waals surface area contributed by atoms with Crippen molar-refractivity contribution in [2.24, 2.45) is 0 Å². The lowest BCUT2D eigenvalue weighted by atomic mass is 10.1. The van der Waals surface area contributed by atoms with Gasteiger partial charge in [-0.05, 0) is 55.0 Å². The van der Waals surface area contributed by atoms with Crippen molar-refractivity contribution in [3.63, 3.8) is 0 Å². The predicted molar refractivity (Wildman–Crippen MR) is 114 cm³/mol. The molecule has 30 heavy (non-hydrogen) atoms. The lowest BCUT2D eigenvalue weighted by Gasteiger charge is -2.12. The minimum Gasteiger partial charge on any atom is -0.495 e. The number of rotatable bonds is 7. The number of hydrogen-bond donors (Lipinski definition) is 1. The molecule has 0 aliphatic carbocycles. The maximum absolute atomic E-state index is 12.8. The Bertz CT molecular complexity index is 1150. The largest absolute Gasteiger partial charge is 0.495 e. The molecule has 7 nitrogen and oxygen atoms in total. The van der Waals surface area contributed by atoms with Crippen molar-refractivity contribution in [1.82, 2.24) is 9.97 Å². The molecule has 0 radical (unpaired) electrons. The Kier molecular flexibility index (Phi) is 5.61. The average Bonchev–Trinajstić information content (AvgIpc) is 3.22. The van der Waals surface area contributed by atoms with Gasteiger partial charge in [0.05, 0.1) is 19.4 Å². The smallest absolute Gasteiger partial charge is 0.255 e. The molecule has 7 heteroatoms. The highest BCUT2D eigenvalue weighted by molar-refractivity contribution is 6.05. The van der Waals surface area contributed by atoms with E-state index in [4.69, 9.17) is 13.9 Å². The van der Waals surface area contributed by atoms with Gasteiger partial charge >= 0.3 is 0 Å². The first-order valence-electron chi connectivity index (χ1n) is 9.62. The zero-order chi connectivity index (χ0) is 20.9. The number of carbonyl (C=O) groups is 1. The van der Waals surface area contributed by atoms with Crippen LogP contribution >= 0.6 is 0 Å². The molecule has 1 N–H and O–H groups in total. The molecule has 0 saturated carbocycles. The van der Waals surface area contributed by atoms with E-state index in [0.717, 1.165) is 6.42 Å². The topological polar surface area (TPSA) is 86.5 Å². The van der Waals surface area contributed by atoms with Crippen molar-refractivity contribution in [2.75, 3.05) is 19.0 Å².